The summed E-state index contributed by atoms with van der Waals surface area (Å²) >= 11 is 11.8. The van der Waals surface area contributed by atoms with Crippen molar-refractivity contribution in [3.05, 3.63) is 63.9 Å². The van der Waals surface area contributed by atoms with Gasteiger partial charge in [-0.3, -0.25) is 0 Å². The van der Waals surface area contributed by atoms with Crippen molar-refractivity contribution in [2.75, 3.05) is 13.2 Å². The van der Waals surface area contributed by atoms with E-state index in [1.807, 2.05) is 0 Å². The number of rotatable bonds is 7. The van der Waals surface area contributed by atoms with Crippen LogP contribution in [0.2, 0.25) is 10.0 Å². The lowest BCUT2D eigenvalue weighted by Crippen LogP contribution is -2.31. The number of aliphatic hydroxyl groups is 1. The molecular formula is C16H16Cl2FNO2. The molecule has 0 saturated carbocycles. The van der Waals surface area contributed by atoms with E-state index in [1.165, 1.54) is 12.1 Å². The van der Waals surface area contributed by atoms with Gasteiger partial charge in [-0.05, 0) is 35.9 Å². The van der Waals surface area contributed by atoms with Crippen molar-refractivity contribution in [3.8, 4) is 5.75 Å². The average Bonchev–Trinajstić information content (AvgIpc) is 2.48. The summed E-state index contributed by atoms with van der Waals surface area (Å²) in [6, 6.07) is 11.1. The Hall–Kier alpha value is -1.33. The van der Waals surface area contributed by atoms with Crippen LogP contribution in [0.4, 0.5) is 4.39 Å². The maximum absolute atomic E-state index is 12.8. The minimum atomic E-state index is -0.688. The van der Waals surface area contributed by atoms with Gasteiger partial charge < -0.3 is 15.2 Å². The molecule has 2 rings (SSSR count). The van der Waals surface area contributed by atoms with Gasteiger partial charge in [0.2, 0.25) is 0 Å². The van der Waals surface area contributed by atoms with Gasteiger partial charge in [0.1, 0.15) is 24.3 Å². The fourth-order valence-electron chi connectivity index (χ4n) is 1.82. The normalized spacial score (nSPS) is 12.2. The minimum absolute atomic E-state index is 0.109. The van der Waals surface area contributed by atoms with Crippen LogP contribution in [0.15, 0.2) is 42.5 Å². The standard InChI is InChI=1S/C16H16Cl2FNO2/c17-12-3-6-16(15(18)7-12)22-10-14(21)9-20-8-11-1-4-13(19)5-2-11/h1-7,14,20-21H,8-10H2. The first-order valence-corrected chi connectivity index (χ1v) is 7.51. The third-order valence-corrected chi connectivity index (χ3v) is 3.48. The van der Waals surface area contributed by atoms with Crippen molar-refractivity contribution >= 4 is 23.2 Å². The Labute approximate surface area is 138 Å². The second-order valence-electron chi connectivity index (χ2n) is 4.80. The van der Waals surface area contributed by atoms with Crippen molar-refractivity contribution in [3.63, 3.8) is 0 Å². The van der Waals surface area contributed by atoms with Crippen molar-refractivity contribution in [1.82, 2.24) is 5.32 Å². The molecule has 2 N–H and O–H groups in total. The van der Waals surface area contributed by atoms with E-state index in [0.29, 0.717) is 28.9 Å². The second kappa shape index (κ2) is 8.34. The topological polar surface area (TPSA) is 41.5 Å². The van der Waals surface area contributed by atoms with E-state index in [9.17, 15) is 9.50 Å². The Morgan fingerprint density at radius 1 is 1.14 bits per heavy atom. The fraction of sp³-hybridized carbons (Fsp3) is 0.250. The SMILES string of the molecule is OC(CNCc1ccc(F)cc1)COc1ccc(Cl)cc1Cl. The second-order valence-corrected chi connectivity index (χ2v) is 5.64. The van der Waals surface area contributed by atoms with Gasteiger partial charge >= 0.3 is 0 Å². The van der Waals surface area contributed by atoms with Gasteiger partial charge in [-0.1, -0.05) is 35.3 Å². The molecule has 0 aromatic heterocycles. The molecule has 0 radical (unpaired) electrons. The summed E-state index contributed by atoms with van der Waals surface area (Å²) in [6.07, 6.45) is -0.688. The highest BCUT2D eigenvalue weighted by atomic mass is 35.5. The number of benzene rings is 2. The largest absolute Gasteiger partial charge is 0.489 e. The number of hydrogen-bond donors (Lipinski definition) is 2. The van der Waals surface area contributed by atoms with Crippen molar-refractivity contribution < 1.29 is 14.2 Å². The van der Waals surface area contributed by atoms with Crippen LogP contribution in [-0.4, -0.2) is 24.4 Å². The summed E-state index contributed by atoms with van der Waals surface area (Å²) in [7, 11) is 0. The summed E-state index contributed by atoms with van der Waals surface area (Å²) in [6.45, 7) is 0.999. The van der Waals surface area contributed by atoms with E-state index in [0.717, 1.165) is 5.56 Å². The highest BCUT2D eigenvalue weighted by Gasteiger charge is 2.08. The van der Waals surface area contributed by atoms with E-state index >= 15 is 0 Å². The number of ether oxygens (including phenoxy) is 1. The maximum Gasteiger partial charge on any atom is 0.138 e. The van der Waals surface area contributed by atoms with Gasteiger partial charge in [-0.15, -0.1) is 0 Å². The van der Waals surface area contributed by atoms with Gasteiger partial charge in [0.15, 0.2) is 0 Å². The molecule has 22 heavy (non-hydrogen) atoms. The predicted molar refractivity (Wildman–Crippen MR) is 86.1 cm³/mol. The number of nitrogens with one attached hydrogen (secondary N) is 1. The van der Waals surface area contributed by atoms with Crippen LogP contribution in [0, 0.1) is 5.82 Å². The lowest BCUT2D eigenvalue weighted by atomic mass is 10.2. The lowest BCUT2D eigenvalue weighted by molar-refractivity contribution is 0.106. The predicted octanol–water partition coefficient (Wildman–Crippen LogP) is 3.66. The highest BCUT2D eigenvalue weighted by molar-refractivity contribution is 6.35. The van der Waals surface area contributed by atoms with Gasteiger partial charge in [0.05, 0.1) is 5.02 Å². The molecule has 2 aromatic carbocycles. The molecule has 1 unspecified atom stereocenters. The molecule has 3 nitrogen and oxygen atoms in total. The Kier molecular flexibility index (Phi) is 6.46. The maximum atomic E-state index is 12.8. The molecule has 0 aliphatic rings. The summed E-state index contributed by atoms with van der Waals surface area (Å²) in [4.78, 5) is 0. The molecule has 0 fully saturated rings. The molecule has 0 bridgehead atoms. The number of halogens is 3. The molecule has 0 saturated heterocycles. The zero-order valence-corrected chi connectivity index (χ0v) is 13.2. The van der Waals surface area contributed by atoms with E-state index < -0.39 is 6.10 Å². The van der Waals surface area contributed by atoms with Gasteiger partial charge in [0.25, 0.3) is 0 Å². The zero-order chi connectivity index (χ0) is 15.9. The Balaban J connectivity index is 1.71. The van der Waals surface area contributed by atoms with Crippen LogP contribution >= 0.6 is 23.2 Å². The first kappa shape index (κ1) is 17.0. The third kappa shape index (κ3) is 5.46. The molecule has 1 atom stereocenters. The number of hydrogen-bond acceptors (Lipinski definition) is 3. The van der Waals surface area contributed by atoms with Crippen molar-refractivity contribution in [2.24, 2.45) is 0 Å². The summed E-state index contributed by atoms with van der Waals surface area (Å²) < 4.78 is 18.2. The molecule has 2 aromatic rings. The molecule has 0 spiro atoms. The smallest absolute Gasteiger partial charge is 0.138 e. The van der Waals surface area contributed by atoms with Crippen molar-refractivity contribution in [2.45, 2.75) is 12.6 Å². The van der Waals surface area contributed by atoms with Gasteiger partial charge in [-0.25, -0.2) is 4.39 Å². The summed E-state index contributed by atoms with van der Waals surface area (Å²) in [5, 5.41) is 13.9. The van der Waals surface area contributed by atoms with E-state index in [1.54, 1.807) is 30.3 Å². The molecule has 0 aliphatic carbocycles. The zero-order valence-electron chi connectivity index (χ0n) is 11.7. The number of aliphatic hydroxyl groups excluding tert-OH is 1. The Bertz CT molecular complexity index is 608. The highest BCUT2D eigenvalue weighted by Crippen LogP contribution is 2.27. The lowest BCUT2D eigenvalue weighted by Gasteiger charge is -2.14. The molecule has 6 heteroatoms. The molecule has 0 amide bonds. The summed E-state index contributed by atoms with van der Waals surface area (Å²) in [5.74, 6) is 0.209. The first-order chi connectivity index (χ1) is 10.5. The van der Waals surface area contributed by atoms with Crippen LogP contribution in [-0.2, 0) is 6.54 Å². The average molecular weight is 344 g/mol. The molecular weight excluding hydrogens is 328 g/mol. The fourth-order valence-corrected chi connectivity index (χ4v) is 2.29. The quantitative estimate of drug-likeness (QED) is 0.805. The summed E-state index contributed by atoms with van der Waals surface area (Å²) in [5.41, 5.74) is 0.940. The van der Waals surface area contributed by atoms with E-state index in [-0.39, 0.29) is 12.4 Å². The van der Waals surface area contributed by atoms with E-state index in [4.69, 9.17) is 27.9 Å². The Morgan fingerprint density at radius 2 is 1.86 bits per heavy atom. The first-order valence-electron chi connectivity index (χ1n) is 6.75. The van der Waals surface area contributed by atoms with Crippen molar-refractivity contribution in [1.29, 1.82) is 0 Å². The van der Waals surface area contributed by atoms with Crippen LogP contribution < -0.4 is 10.1 Å². The van der Waals surface area contributed by atoms with E-state index in [2.05, 4.69) is 5.32 Å². The van der Waals surface area contributed by atoms with Gasteiger partial charge in [0, 0.05) is 18.1 Å². The monoisotopic (exact) mass is 343 g/mol. The van der Waals surface area contributed by atoms with Crippen LogP contribution in [0.1, 0.15) is 5.56 Å². The molecule has 0 aliphatic heterocycles. The molecule has 0 heterocycles. The Morgan fingerprint density at radius 3 is 2.55 bits per heavy atom. The minimum Gasteiger partial charge on any atom is -0.489 e. The van der Waals surface area contributed by atoms with Crippen LogP contribution in [0.5, 0.6) is 5.75 Å². The van der Waals surface area contributed by atoms with Crippen LogP contribution in [0.3, 0.4) is 0 Å². The molecule has 118 valence electrons. The third-order valence-electron chi connectivity index (χ3n) is 2.95. The van der Waals surface area contributed by atoms with Gasteiger partial charge in [-0.2, -0.15) is 0 Å². The van der Waals surface area contributed by atoms with Crippen LogP contribution in [0.25, 0.3) is 0 Å².